The summed E-state index contributed by atoms with van der Waals surface area (Å²) < 4.78 is 28.1. The minimum absolute atomic E-state index is 0.271. The van der Waals surface area contributed by atoms with Crippen molar-refractivity contribution in [3.8, 4) is 0 Å². The number of halogens is 3. The minimum Gasteiger partial charge on any atom is -0.317 e. The fourth-order valence-corrected chi connectivity index (χ4v) is 1.82. The lowest BCUT2D eigenvalue weighted by Gasteiger charge is -2.09. The average Bonchev–Trinajstić information content (AvgIpc) is 2.40. The lowest BCUT2D eigenvalue weighted by atomic mass is 10.1. The molecule has 1 N–H and O–H groups in total. The Hall–Kier alpha value is -1.75. The molecule has 0 radical (unpaired) electrons. The van der Waals surface area contributed by atoms with E-state index in [0.29, 0.717) is 5.56 Å². The quantitative estimate of drug-likeness (QED) is 0.876. The molecule has 0 saturated carbocycles. The molecule has 0 heterocycles. The first-order valence-electron chi connectivity index (χ1n) is 5.50. The summed E-state index contributed by atoms with van der Waals surface area (Å²) in [6.45, 7) is 1.50. The second kappa shape index (κ2) is 5.48. The zero-order valence-corrected chi connectivity index (χ0v) is 11.6. The summed E-state index contributed by atoms with van der Waals surface area (Å²) in [5.41, 5.74) is 0.170. The van der Waals surface area contributed by atoms with Gasteiger partial charge >= 0.3 is 0 Å². The predicted octanol–water partition coefficient (Wildman–Crippen LogP) is 4.29. The third-order valence-corrected chi connectivity index (χ3v) is 3.16. The Morgan fingerprint density at radius 2 is 1.74 bits per heavy atom. The number of anilines is 1. The number of amides is 1. The Balaban J connectivity index is 2.29. The molecule has 1 amide bonds. The molecule has 0 fully saturated rings. The number of carbonyl (C=O) groups excluding carboxylic acids is 1. The molecule has 5 heteroatoms. The second-order valence-electron chi connectivity index (χ2n) is 4.01. The Morgan fingerprint density at radius 3 is 2.37 bits per heavy atom. The molecule has 0 spiro atoms. The number of nitrogens with one attached hydrogen (secondary N) is 1. The van der Waals surface area contributed by atoms with Crippen molar-refractivity contribution in [3.63, 3.8) is 0 Å². The zero-order valence-electron chi connectivity index (χ0n) is 10.0. The molecular weight excluding hydrogens is 316 g/mol. The molecule has 0 atom stereocenters. The molecule has 2 rings (SSSR count). The van der Waals surface area contributed by atoms with E-state index in [0.717, 1.165) is 10.5 Å². The highest BCUT2D eigenvalue weighted by atomic mass is 79.9. The van der Waals surface area contributed by atoms with Crippen LogP contribution in [0.15, 0.2) is 40.9 Å². The largest absolute Gasteiger partial charge is 0.317 e. The first-order chi connectivity index (χ1) is 8.99. The highest BCUT2D eigenvalue weighted by Gasteiger charge is 2.15. The van der Waals surface area contributed by atoms with Crippen molar-refractivity contribution < 1.29 is 13.6 Å². The molecule has 0 bridgehead atoms. The van der Waals surface area contributed by atoms with Gasteiger partial charge in [0.1, 0.15) is 11.5 Å². The summed E-state index contributed by atoms with van der Waals surface area (Å²) in [5.74, 6) is -2.12. The highest BCUT2D eigenvalue weighted by Crippen LogP contribution is 2.22. The van der Waals surface area contributed by atoms with Crippen molar-refractivity contribution in [3.05, 3.63) is 63.6 Å². The van der Waals surface area contributed by atoms with Crippen LogP contribution in [-0.4, -0.2) is 5.91 Å². The van der Waals surface area contributed by atoms with Gasteiger partial charge in [-0.15, -0.1) is 0 Å². The van der Waals surface area contributed by atoms with Gasteiger partial charge in [0.25, 0.3) is 5.91 Å². The summed E-state index contributed by atoms with van der Waals surface area (Å²) in [6, 6.07) is 8.92. The van der Waals surface area contributed by atoms with Crippen LogP contribution in [0.3, 0.4) is 0 Å². The van der Waals surface area contributed by atoms with Gasteiger partial charge in [-0.05, 0) is 42.8 Å². The van der Waals surface area contributed by atoms with Gasteiger partial charge < -0.3 is 5.32 Å². The van der Waals surface area contributed by atoms with Crippen molar-refractivity contribution >= 4 is 27.5 Å². The summed E-state index contributed by atoms with van der Waals surface area (Å²) >= 11 is 3.24. The van der Waals surface area contributed by atoms with Crippen molar-refractivity contribution in [1.29, 1.82) is 0 Å². The van der Waals surface area contributed by atoms with Crippen LogP contribution in [0.1, 0.15) is 15.9 Å². The van der Waals surface area contributed by atoms with Crippen molar-refractivity contribution in [2.45, 2.75) is 6.92 Å². The van der Waals surface area contributed by atoms with Crippen molar-refractivity contribution in [2.24, 2.45) is 0 Å². The standard InChI is InChI=1S/C14H10BrF2NO/c1-8-2-7-11(16)13(12(8)17)18-14(19)9-3-5-10(15)6-4-9/h2-7H,1H3,(H,18,19). The van der Waals surface area contributed by atoms with Gasteiger partial charge in [-0.3, -0.25) is 4.79 Å². The number of hydrogen-bond donors (Lipinski definition) is 1. The zero-order chi connectivity index (χ0) is 14.0. The van der Waals surface area contributed by atoms with Gasteiger partial charge in [0.15, 0.2) is 5.82 Å². The van der Waals surface area contributed by atoms with E-state index in [1.165, 1.54) is 13.0 Å². The van der Waals surface area contributed by atoms with Crippen LogP contribution < -0.4 is 5.32 Å². The molecule has 2 aromatic carbocycles. The van der Waals surface area contributed by atoms with Gasteiger partial charge in [-0.2, -0.15) is 0 Å². The van der Waals surface area contributed by atoms with E-state index in [-0.39, 0.29) is 5.56 Å². The first kappa shape index (κ1) is 13.7. The molecule has 0 aliphatic rings. The summed E-state index contributed by atoms with van der Waals surface area (Å²) in [5, 5.41) is 2.25. The van der Waals surface area contributed by atoms with Gasteiger partial charge in [0.2, 0.25) is 0 Å². The van der Waals surface area contributed by atoms with Crippen LogP contribution in [0.2, 0.25) is 0 Å². The predicted molar refractivity (Wildman–Crippen MR) is 73.2 cm³/mol. The van der Waals surface area contributed by atoms with E-state index in [1.807, 2.05) is 0 Å². The van der Waals surface area contributed by atoms with E-state index < -0.39 is 23.2 Å². The molecule has 98 valence electrons. The van der Waals surface area contributed by atoms with Gasteiger partial charge in [-0.25, -0.2) is 8.78 Å². The maximum atomic E-state index is 13.7. The first-order valence-corrected chi connectivity index (χ1v) is 6.30. The molecule has 0 unspecified atom stereocenters. The molecule has 2 nitrogen and oxygen atoms in total. The van der Waals surface area contributed by atoms with Crippen LogP contribution in [0.25, 0.3) is 0 Å². The fraction of sp³-hybridized carbons (Fsp3) is 0.0714. The summed E-state index contributed by atoms with van der Waals surface area (Å²) in [6.07, 6.45) is 0. The SMILES string of the molecule is Cc1ccc(F)c(NC(=O)c2ccc(Br)cc2)c1F. The molecule has 0 aromatic heterocycles. The van der Waals surface area contributed by atoms with Crippen LogP contribution in [0.4, 0.5) is 14.5 Å². The van der Waals surface area contributed by atoms with Gasteiger partial charge in [-0.1, -0.05) is 22.0 Å². The lowest BCUT2D eigenvalue weighted by Crippen LogP contribution is -2.14. The molecule has 0 aliphatic heterocycles. The molecule has 19 heavy (non-hydrogen) atoms. The maximum absolute atomic E-state index is 13.7. The Bertz CT molecular complexity index is 626. The number of rotatable bonds is 2. The second-order valence-corrected chi connectivity index (χ2v) is 4.93. The van der Waals surface area contributed by atoms with E-state index in [9.17, 15) is 13.6 Å². The van der Waals surface area contributed by atoms with Crippen LogP contribution in [0.5, 0.6) is 0 Å². The number of hydrogen-bond acceptors (Lipinski definition) is 1. The monoisotopic (exact) mass is 325 g/mol. The highest BCUT2D eigenvalue weighted by molar-refractivity contribution is 9.10. The molecule has 0 aliphatic carbocycles. The Morgan fingerprint density at radius 1 is 1.11 bits per heavy atom. The number of aryl methyl sites for hydroxylation is 1. The molecular formula is C14H10BrF2NO. The molecule has 0 saturated heterocycles. The average molecular weight is 326 g/mol. The van der Waals surface area contributed by atoms with E-state index in [4.69, 9.17) is 0 Å². The van der Waals surface area contributed by atoms with Crippen molar-refractivity contribution in [2.75, 3.05) is 5.32 Å². The number of benzene rings is 2. The van der Waals surface area contributed by atoms with E-state index in [2.05, 4.69) is 21.2 Å². The number of carbonyl (C=O) groups is 1. The third-order valence-electron chi connectivity index (χ3n) is 2.63. The van der Waals surface area contributed by atoms with Crippen LogP contribution in [0, 0.1) is 18.6 Å². The summed E-state index contributed by atoms with van der Waals surface area (Å²) in [7, 11) is 0. The lowest BCUT2D eigenvalue weighted by molar-refractivity contribution is 0.102. The minimum atomic E-state index is -0.798. The Labute approximate surface area is 117 Å². The topological polar surface area (TPSA) is 29.1 Å². The smallest absolute Gasteiger partial charge is 0.255 e. The van der Waals surface area contributed by atoms with Gasteiger partial charge in [0, 0.05) is 10.0 Å². The van der Waals surface area contributed by atoms with Crippen molar-refractivity contribution in [1.82, 2.24) is 0 Å². The maximum Gasteiger partial charge on any atom is 0.255 e. The Kier molecular flexibility index (Phi) is 3.95. The third kappa shape index (κ3) is 2.98. The van der Waals surface area contributed by atoms with Crippen LogP contribution >= 0.6 is 15.9 Å². The molecule has 2 aromatic rings. The van der Waals surface area contributed by atoms with E-state index >= 15 is 0 Å². The fourth-order valence-electron chi connectivity index (χ4n) is 1.56. The summed E-state index contributed by atoms with van der Waals surface area (Å²) in [4.78, 5) is 11.9. The van der Waals surface area contributed by atoms with Gasteiger partial charge in [0.05, 0.1) is 0 Å². The normalized spacial score (nSPS) is 10.3. The van der Waals surface area contributed by atoms with E-state index in [1.54, 1.807) is 24.3 Å². The van der Waals surface area contributed by atoms with Crippen LogP contribution in [-0.2, 0) is 0 Å².